The maximum absolute atomic E-state index is 9.83. The van der Waals surface area contributed by atoms with Crippen molar-refractivity contribution >= 4 is 12.4 Å². The summed E-state index contributed by atoms with van der Waals surface area (Å²) < 4.78 is 5.01. The van der Waals surface area contributed by atoms with E-state index in [0.29, 0.717) is 5.75 Å². The smallest absolute Gasteiger partial charge is 0.162 e. The summed E-state index contributed by atoms with van der Waals surface area (Å²) in [5.41, 5.74) is 6.66. The van der Waals surface area contributed by atoms with Crippen LogP contribution < -0.4 is 10.5 Å². The van der Waals surface area contributed by atoms with Crippen molar-refractivity contribution < 1.29 is 9.84 Å². The Morgan fingerprint density at radius 2 is 2.25 bits per heavy atom. The molecule has 0 aliphatic carbocycles. The van der Waals surface area contributed by atoms with Gasteiger partial charge in [0.1, 0.15) is 0 Å². The third-order valence-electron chi connectivity index (χ3n) is 2.33. The van der Waals surface area contributed by atoms with E-state index in [9.17, 15) is 5.11 Å². The van der Waals surface area contributed by atoms with E-state index in [-0.39, 0.29) is 24.2 Å². The number of phenolic OH excluding ortho intramolecular Hbond substituents is 1. The number of rotatable bonds is 5. The van der Waals surface area contributed by atoms with Crippen LogP contribution in [0.5, 0.6) is 11.5 Å². The summed E-state index contributed by atoms with van der Waals surface area (Å²) >= 11 is 0. The second-order valence-corrected chi connectivity index (χ2v) is 3.37. The van der Waals surface area contributed by atoms with Crippen LogP contribution in [0, 0.1) is 0 Å². The van der Waals surface area contributed by atoms with Crippen molar-refractivity contribution in [3.63, 3.8) is 0 Å². The van der Waals surface area contributed by atoms with Gasteiger partial charge in [-0.2, -0.15) is 0 Å². The number of benzene rings is 1. The van der Waals surface area contributed by atoms with Gasteiger partial charge in [0.05, 0.1) is 7.11 Å². The number of phenols is 1. The molecular formula is C12H18ClNO2. The van der Waals surface area contributed by atoms with Crippen LogP contribution in [0.1, 0.15) is 24.4 Å². The van der Waals surface area contributed by atoms with Crippen LogP contribution in [0.4, 0.5) is 0 Å². The standard InChI is InChI=1S/C12H17NO2.ClH/c1-3-4-7-10(13)9-6-5-8-11(15-2)12(9)14;/h3,5-6,8,10,14H,1,4,7,13H2,2H3;1H/t10-;/m1./s1. The summed E-state index contributed by atoms with van der Waals surface area (Å²) in [4.78, 5) is 0. The molecule has 1 aromatic rings. The Morgan fingerprint density at radius 3 is 2.81 bits per heavy atom. The zero-order chi connectivity index (χ0) is 11.3. The van der Waals surface area contributed by atoms with Gasteiger partial charge in [-0.05, 0) is 18.9 Å². The quantitative estimate of drug-likeness (QED) is 0.782. The predicted molar refractivity (Wildman–Crippen MR) is 68.3 cm³/mol. The molecule has 0 amide bonds. The minimum absolute atomic E-state index is 0. The summed E-state index contributed by atoms with van der Waals surface area (Å²) in [5.74, 6) is 0.595. The Labute approximate surface area is 102 Å². The number of halogens is 1. The van der Waals surface area contributed by atoms with E-state index < -0.39 is 0 Å². The summed E-state index contributed by atoms with van der Waals surface area (Å²) in [6.45, 7) is 3.64. The highest BCUT2D eigenvalue weighted by molar-refractivity contribution is 5.85. The van der Waals surface area contributed by atoms with E-state index in [1.165, 1.54) is 7.11 Å². The molecule has 0 aromatic heterocycles. The van der Waals surface area contributed by atoms with Crippen LogP contribution in [0.25, 0.3) is 0 Å². The molecule has 0 saturated heterocycles. The van der Waals surface area contributed by atoms with Gasteiger partial charge in [0, 0.05) is 11.6 Å². The average Bonchev–Trinajstić information content (AvgIpc) is 2.26. The average molecular weight is 244 g/mol. The first-order chi connectivity index (χ1) is 7.20. The number of methoxy groups -OCH3 is 1. The number of hydrogen-bond acceptors (Lipinski definition) is 3. The lowest BCUT2D eigenvalue weighted by molar-refractivity contribution is 0.368. The fourth-order valence-corrected chi connectivity index (χ4v) is 1.46. The molecule has 90 valence electrons. The molecular weight excluding hydrogens is 226 g/mol. The lowest BCUT2D eigenvalue weighted by Gasteiger charge is -2.14. The summed E-state index contributed by atoms with van der Waals surface area (Å²) in [6.07, 6.45) is 3.42. The highest BCUT2D eigenvalue weighted by atomic mass is 35.5. The molecule has 0 fully saturated rings. The van der Waals surface area contributed by atoms with Crippen LogP contribution in [0.3, 0.4) is 0 Å². The van der Waals surface area contributed by atoms with Crippen LogP contribution in [0.15, 0.2) is 30.9 Å². The highest BCUT2D eigenvalue weighted by Crippen LogP contribution is 2.33. The van der Waals surface area contributed by atoms with E-state index in [2.05, 4.69) is 6.58 Å². The maximum Gasteiger partial charge on any atom is 0.162 e. The molecule has 16 heavy (non-hydrogen) atoms. The minimum atomic E-state index is -0.182. The van der Waals surface area contributed by atoms with E-state index in [0.717, 1.165) is 18.4 Å². The van der Waals surface area contributed by atoms with Gasteiger partial charge in [-0.15, -0.1) is 19.0 Å². The molecule has 0 radical (unpaired) electrons. The first kappa shape index (κ1) is 14.8. The molecule has 4 heteroatoms. The lowest BCUT2D eigenvalue weighted by atomic mass is 10.0. The molecule has 0 unspecified atom stereocenters. The number of hydrogen-bond donors (Lipinski definition) is 2. The second-order valence-electron chi connectivity index (χ2n) is 3.37. The largest absolute Gasteiger partial charge is 0.504 e. The molecule has 3 N–H and O–H groups in total. The first-order valence-electron chi connectivity index (χ1n) is 4.93. The molecule has 1 atom stereocenters. The second kappa shape index (κ2) is 7.14. The van der Waals surface area contributed by atoms with Gasteiger partial charge in [0.15, 0.2) is 11.5 Å². The van der Waals surface area contributed by atoms with E-state index in [4.69, 9.17) is 10.5 Å². The molecule has 0 heterocycles. The Morgan fingerprint density at radius 1 is 1.56 bits per heavy atom. The van der Waals surface area contributed by atoms with E-state index in [1.807, 2.05) is 18.2 Å². The summed E-state index contributed by atoms with van der Waals surface area (Å²) in [6, 6.07) is 5.16. The molecule has 0 spiro atoms. The molecule has 0 bridgehead atoms. The Balaban J connectivity index is 0.00000225. The van der Waals surface area contributed by atoms with Crippen molar-refractivity contribution in [2.45, 2.75) is 18.9 Å². The van der Waals surface area contributed by atoms with Crippen molar-refractivity contribution in [2.75, 3.05) is 7.11 Å². The van der Waals surface area contributed by atoms with Crippen LogP contribution in [-0.4, -0.2) is 12.2 Å². The van der Waals surface area contributed by atoms with Gasteiger partial charge in [-0.3, -0.25) is 0 Å². The third kappa shape index (κ3) is 3.43. The SMILES string of the molecule is C=CCC[C@@H](N)c1cccc(OC)c1O.Cl. The fraction of sp³-hybridized carbons (Fsp3) is 0.333. The zero-order valence-corrected chi connectivity index (χ0v) is 10.2. The van der Waals surface area contributed by atoms with Gasteiger partial charge in [-0.1, -0.05) is 18.2 Å². The van der Waals surface area contributed by atoms with Crippen LogP contribution in [-0.2, 0) is 0 Å². The lowest BCUT2D eigenvalue weighted by Crippen LogP contribution is -2.10. The monoisotopic (exact) mass is 243 g/mol. The highest BCUT2D eigenvalue weighted by Gasteiger charge is 2.13. The normalized spacial score (nSPS) is 11.4. The van der Waals surface area contributed by atoms with Crippen molar-refractivity contribution in [3.8, 4) is 11.5 Å². The molecule has 0 aliphatic rings. The van der Waals surface area contributed by atoms with Crippen LogP contribution in [0.2, 0.25) is 0 Å². The van der Waals surface area contributed by atoms with Gasteiger partial charge >= 0.3 is 0 Å². The Bertz CT molecular complexity index is 342. The van der Waals surface area contributed by atoms with Gasteiger partial charge in [-0.25, -0.2) is 0 Å². The van der Waals surface area contributed by atoms with Crippen molar-refractivity contribution in [1.82, 2.24) is 0 Å². The topological polar surface area (TPSA) is 55.5 Å². The molecule has 0 saturated carbocycles. The van der Waals surface area contributed by atoms with E-state index >= 15 is 0 Å². The number of ether oxygens (including phenoxy) is 1. The molecule has 1 aromatic carbocycles. The number of para-hydroxylation sites is 1. The third-order valence-corrected chi connectivity index (χ3v) is 2.33. The molecule has 3 nitrogen and oxygen atoms in total. The van der Waals surface area contributed by atoms with Gasteiger partial charge in [0.2, 0.25) is 0 Å². The van der Waals surface area contributed by atoms with Crippen molar-refractivity contribution in [1.29, 1.82) is 0 Å². The van der Waals surface area contributed by atoms with Crippen molar-refractivity contribution in [2.24, 2.45) is 5.73 Å². The van der Waals surface area contributed by atoms with Gasteiger partial charge in [0.25, 0.3) is 0 Å². The molecule has 0 aliphatic heterocycles. The van der Waals surface area contributed by atoms with Gasteiger partial charge < -0.3 is 15.6 Å². The Kier molecular flexibility index (Phi) is 6.61. The Hall–Kier alpha value is -1.19. The fourth-order valence-electron chi connectivity index (χ4n) is 1.46. The predicted octanol–water partition coefficient (Wildman–Crippen LogP) is 2.79. The zero-order valence-electron chi connectivity index (χ0n) is 9.35. The number of allylic oxidation sites excluding steroid dienone is 1. The van der Waals surface area contributed by atoms with E-state index in [1.54, 1.807) is 6.07 Å². The first-order valence-corrected chi connectivity index (χ1v) is 4.93. The van der Waals surface area contributed by atoms with Crippen LogP contribution >= 0.6 is 12.4 Å². The minimum Gasteiger partial charge on any atom is -0.504 e. The number of aromatic hydroxyl groups is 1. The summed E-state index contributed by atoms with van der Waals surface area (Å²) in [5, 5.41) is 9.83. The molecule has 1 rings (SSSR count). The maximum atomic E-state index is 9.83. The van der Waals surface area contributed by atoms with Crippen molar-refractivity contribution in [3.05, 3.63) is 36.4 Å². The summed E-state index contributed by atoms with van der Waals surface area (Å²) in [7, 11) is 1.52. The number of nitrogens with two attached hydrogens (primary N) is 1.